The zero-order chi connectivity index (χ0) is 11.9. The molecule has 1 aliphatic carbocycles. The minimum atomic E-state index is 0.394. The molecule has 0 aromatic carbocycles. The van der Waals surface area contributed by atoms with E-state index in [1.54, 1.807) is 6.26 Å². The summed E-state index contributed by atoms with van der Waals surface area (Å²) < 4.78 is 5.12. The normalized spacial score (nSPS) is 20.8. The zero-order valence-electron chi connectivity index (χ0n) is 10.5. The molecule has 1 heterocycles. The second kappa shape index (κ2) is 6.82. The predicted molar refractivity (Wildman–Crippen MR) is 69.3 cm³/mol. The Kier molecular flexibility index (Phi) is 5.08. The Morgan fingerprint density at radius 2 is 1.94 bits per heavy atom. The molecule has 2 rings (SSSR count). The SMILES string of the molecule is NNC(Cc1ccoc1)C1CCCCCCC1. The fourth-order valence-electron chi connectivity index (χ4n) is 2.91. The van der Waals surface area contributed by atoms with E-state index < -0.39 is 0 Å². The maximum absolute atomic E-state index is 5.73. The van der Waals surface area contributed by atoms with Crippen LogP contribution in [0.3, 0.4) is 0 Å². The molecule has 1 aromatic heterocycles. The van der Waals surface area contributed by atoms with Gasteiger partial charge in [-0.05, 0) is 36.8 Å². The van der Waals surface area contributed by atoms with Gasteiger partial charge in [0, 0.05) is 6.04 Å². The number of furan rings is 1. The van der Waals surface area contributed by atoms with Crippen molar-refractivity contribution < 1.29 is 4.42 Å². The fraction of sp³-hybridized carbons (Fsp3) is 0.714. The first-order valence-electron chi connectivity index (χ1n) is 6.87. The Hall–Kier alpha value is -0.800. The standard InChI is InChI=1S/C14H24N2O/c15-16-14(10-12-8-9-17-11-12)13-6-4-2-1-3-5-7-13/h8-9,11,13-14,16H,1-7,10,15H2. The topological polar surface area (TPSA) is 51.2 Å². The minimum Gasteiger partial charge on any atom is -0.472 e. The van der Waals surface area contributed by atoms with Crippen molar-refractivity contribution in [2.75, 3.05) is 0 Å². The van der Waals surface area contributed by atoms with Gasteiger partial charge in [-0.2, -0.15) is 0 Å². The molecule has 1 unspecified atom stereocenters. The number of nitrogens with one attached hydrogen (secondary N) is 1. The molecular formula is C14H24N2O. The van der Waals surface area contributed by atoms with Crippen molar-refractivity contribution >= 4 is 0 Å². The van der Waals surface area contributed by atoms with Gasteiger partial charge in [-0.3, -0.25) is 11.3 Å². The van der Waals surface area contributed by atoms with Crippen LogP contribution in [0.4, 0.5) is 0 Å². The van der Waals surface area contributed by atoms with Crippen LogP contribution in [0.1, 0.15) is 50.5 Å². The van der Waals surface area contributed by atoms with Gasteiger partial charge in [0.05, 0.1) is 12.5 Å². The highest BCUT2D eigenvalue weighted by atomic mass is 16.3. The lowest BCUT2D eigenvalue weighted by Crippen LogP contribution is -2.42. The lowest BCUT2D eigenvalue weighted by Gasteiger charge is -2.28. The third kappa shape index (κ3) is 3.86. The van der Waals surface area contributed by atoms with Crippen LogP contribution < -0.4 is 11.3 Å². The molecule has 1 fully saturated rings. The number of rotatable bonds is 4. The average molecular weight is 236 g/mol. The molecule has 0 bridgehead atoms. The van der Waals surface area contributed by atoms with Crippen LogP contribution in [-0.2, 0) is 6.42 Å². The van der Waals surface area contributed by atoms with Crippen molar-refractivity contribution in [2.45, 2.75) is 57.4 Å². The molecule has 96 valence electrons. The first kappa shape index (κ1) is 12.7. The number of nitrogens with two attached hydrogens (primary N) is 1. The van der Waals surface area contributed by atoms with Crippen LogP contribution in [0.5, 0.6) is 0 Å². The van der Waals surface area contributed by atoms with Crippen LogP contribution in [0.15, 0.2) is 23.0 Å². The largest absolute Gasteiger partial charge is 0.472 e. The Morgan fingerprint density at radius 3 is 2.53 bits per heavy atom. The molecule has 1 aliphatic rings. The van der Waals surface area contributed by atoms with Gasteiger partial charge in [-0.25, -0.2) is 0 Å². The Morgan fingerprint density at radius 1 is 1.24 bits per heavy atom. The highest BCUT2D eigenvalue weighted by Gasteiger charge is 2.21. The monoisotopic (exact) mass is 236 g/mol. The molecule has 0 amide bonds. The van der Waals surface area contributed by atoms with Crippen molar-refractivity contribution in [3.05, 3.63) is 24.2 Å². The summed E-state index contributed by atoms with van der Waals surface area (Å²) in [6.45, 7) is 0. The highest BCUT2D eigenvalue weighted by molar-refractivity contribution is 5.07. The molecule has 3 N–H and O–H groups in total. The smallest absolute Gasteiger partial charge is 0.0935 e. The quantitative estimate of drug-likeness (QED) is 0.624. The van der Waals surface area contributed by atoms with Crippen LogP contribution in [0.2, 0.25) is 0 Å². The van der Waals surface area contributed by atoms with Crippen LogP contribution >= 0.6 is 0 Å². The molecule has 0 radical (unpaired) electrons. The second-order valence-electron chi connectivity index (χ2n) is 5.21. The number of hydrazine groups is 1. The summed E-state index contributed by atoms with van der Waals surface area (Å²) in [6, 6.07) is 2.43. The van der Waals surface area contributed by atoms with E-state index in [9.17, 15) is 0 Å². The molecule has 0 spiro atoms. The van der Waals surface area contributed by atoms with Gasteiger partial charge in [-0.15, -0.1) is 0 Å². The highest BCUT2D eigenvalue weighted by Crippen LogP contribution is 2.26. The van der Waals surface area contributed by atoms with Gasteiger partial charge >= 0.3 is 0 Å². The summed E-state index contributed by atoms with van der Waals surface area (Å²) in [7, 11) is 0. The Balaban J connectivity index is 1.90. The summed E-state index contributed by atoms with van der Waals surface area (Å²) in [6.07, 6.45) is 14.1. The van der Waals surface area contributed by atoms with Crippen molar-refractivity contribution in [1.82, 2.24) is 5.43 Å². The molecule has 1 saturated carbocycles. The molecule has 1 aromatic rings. The van der Waals surface area contributed by atoms with Gasteiger partial charge in [-0.1, -0.05) is 32.1 Å². The van der Waals surface area contributed by atoms with Crippen molar-refractivity contribution in [3.63, 3.8) is 0 Å². The van der Waals surface area contributed by atoms with Gasteiger partial charge < -0.3 is 4.42 Å². The fourth-order valence-corrected chi connectivity index (χ4v) is 2.91. The maximum atomic E-state index is 5.73. The average Bonchev–Trinajstić information content (AvgIpc) is 2.79. The Labute approximate surface area is 104 Å². The summed E-state index contributed by atoms with van der Waals surface area (Å²) in [5, 5.41) is 0. The summed E-state index contributed by atoms with van der Waals surface area (Å²) in [5.74, 6) is 6.45. The van der Waals surface area contributed by atoms with E-state index in [4.69, 9.17) is 10.3 Å². The van der Waals surface area contributed by atoms with Crippen molar-refractivity contribution in [3.8, 4) is 0 Å². The summed E-state index contributed by atoms with van der Waals surface area (Å²) in [4.78, 5) is 0. The second-order valence-corrected chi connectivity index (χ2v) is 5.21. The lowest BCUT2D eigenvalue weighted by atomic mass is 9.84. The van der Waals surface area contributed by atoms with Gasteiger partial charge in [0.25, 0.3) is 0 Å². The van der Waals surface area contributed by atoms with Crippen LogP contribution in [0, 0.1) is 5.92 Å². The molecule has 3 nitrogen and oxygen atoms in total. The third-order valence-corrected chi connectivity index (χ3v) is 3.97. The van der Waals surface area contributed by atoms with Crippen LogP contribution in [0.25, 0.3) is 0 Å². The van der Waals surface area contributed by atoms with Crippen LogP contribution in [-0.4, -0.2) is 6.04 Å². The Bertz CT molecular complexity index is 289. The predicted octanol–water partition coefficient (Wildman–Crippen LogP) is 3.01. The van der Waals surface area contributed by atoms with Crippen molar-refractivity contribution in [1.29, 1.82) is 0 Å². The van der Waals surface area contributed by atoms with E-state index in [0.717, 1.165) is 12.3 Å². The third-order valence-electron chi connectivity index (χ3n) is 3.97. The molecule has 1 atom stereocenters. The minimum absolute atomic E-state index is 0.394. The molecular weight excluding hydrogens is 212 g/mol. The van der Waals surface area contributed by atoms with E-state index in [-0.39, 0.29) is 0 Å². The van der Waals surface area contributed by atoms with Gasteiger partial charge in [0.2, 0.25) is 0 Å². The zero-order valence-corrected chi connectivity index (χ0v) is 10.5. The molecule has 17 heavy (non-hydrogen) atoms. The maximum Gasteiger partial charge on any atom is 0.0935 e. The molecule has 3 heteroatoms. The number of hydrogen-bond acceptors (Lipinski definition) is 3. The summed E-state index contributed by atoms with van der Waals surface area (Å²) >= 11 is 0. The van der Waals surface area contributed by atoms with E-state index in [2.05, 4.69) is 5.43 Å². The van der Waals surface area contributed by atoms with E-state index in [1.165, 1.54) is 50.5 Å². The molecule has 0 aliphatic heterocycles. The van der Waals surface area contributed by atoms with E-state index in [0.29, 0.717) is 6.04 Å². The van der Waals surface area contributed by atoms with Crippen molar-refractivity contribution in [2.24, 2.45) is 11.8 Å². The van der Waals surface area contributed by atoms with Gasteiger partial charge in [0.15, 0.2) is 0 Å². The summed E-state index contributed by atoms with van der Waals surface area (Å²) in [5.41, 5.74) is 4.26. The van der Waals surface area contributed by atoms with E-state index in [1.807, 2.05) is 12.3 Å². The first-order chi connectivity index (χ1) is 8.40. The molecule has 0 saturated heterocycles. The number of hydrogen-bond donors (Lipinski definition) is 2. The lowest BCUT2D eigenvalue weighted by molar-refractivity contribution is 0.284. The van der Waals surface area contributed by atoms with Gasteiger partial charge in [0.1, 0.15) is 0 Å². The van der Waals surface area contributed by atoms with E-state index >= 15 is 0 Å². The first-order valence-corrected chi connectivity index (χ1v) is 6.87.